The lowest BCUT2D eigenvalue weighted by Crippen LogP contribution is -2.24. The number of hydrogen-bond donors (Lipinski definition) is 0. The average Bonchev–Trinajstić information content (AvgIpc) is 2.65. The SMILES string of the molecule is CCn1nc(C)c(Cl)c1CS(=O)(=O)C(C)CC(=O)OC. The maximum absolute atomic E-state index is 12.3. The van der Waals surface area contributed by atoms with Crippen molar-refractivity contribution in [3.05, 3.63) is 16.4 Å². The number of halogens is 1. The van der Waals surface area contributed by atoms with Crippen molar-refractivity contribution in [2.24, 2.45) is 0 Å². The van der Waals surface area contributed by atoms with Crippen LogP contribution in [0.4, 0.5) is 0 Å². The summed E-state index contributed by atoms with van der Waals surface area (Å²) in [5, 5.41) is 3.71. The minimum atomic E-state index is -3.51. The summed E-state index contributed by atoms with van der Waals surface area (Å²) in [5.41, 5.74) is 1.06. The van der Waals surface area contributed by atoms with E-state index in [2.05, 4.69) is 9.84 Å². The number of sulfone groups is 1. The van der Waals surface area contributed by atoms with Crippen LogP contribution in [0.25, 0.3) is 0 Å². The van der Waals surface area contributed by atoms with Gasteiger partial charge in [0.2, 0.25) is 0 Å². The zero-order chi connectivity index (χ0) is 15.5. The lowest BCUT2D eigenvalue weighted by Gasteiger charge is -2.12. The molecule has 0 aliphatic rings. The Hall–Kier alpha value is -1.08. The highest BCUT2D eigenvalue weighted by Gasteiger charge is 2.27. The summed E-state index contributed by atoms with van der Waals surface area (Å²) in [6, 6.07) is 0. The number of ether oxygens (including phenoxy) is 1. The van der Waals surface area contributed by atoms with Crippen molar-refractivity contribution >= 4 is 27.4 Å². The number of aromatic nitrogens is 2. The second-order valence-electron chi connectivity index (χ2n) is 4.56. The van der Waals surface area contributed by atoms with Gasteiger partial charge in [0.05, 0.1) is 40.9 Å². The van der Waals surface area contributed by atoms with Crippen LogP contribution in [-0.4, -0.2) is 36.5 Å². The van der Waals surface area contributed by atoms with E-state index in [0.29, 0.717) is 23.0 Å². The third kappa shape index (κ3) is 3.73. The topological polar surface area (TPSA) is 78.3 Å². The number of esters is 1. The van der Waals surface area contributed by atoms with Crippen molar-refractivity contribution in [2.45, 2.75) is 44.7 Å². The smallest absolute Gasteiger partial charge is 0.306 e. The Balaban J connectivity index is 2.99. The maximum atomic E-state index is 12.3. The van der Waals surface area contributed by atoms with Crippen molar-refractivity contribution in [3.8, 4) is 0 Å². The highest BCUT2D eigenvalue weighted by molar-refractivity contribution is 7.91. The Morgan fingerprint density at radius 1 is 1.50 bits per heavy atom. The molecule has 0 N–H and O–H groups in total. The van der Waals surface area contributed by atoms with Gasteiger partial charge in [0.25, 0.3) is 0 Å². The number of aryl methyl sites for hydroxylation is 2. The number of hydrogen-bond acceptors (Lipinski definition) is 5. The Kier molecular flexibility index (Phi) is 5.59. The number of carbonyl (C=O) groups is 1. The van der Waals surface area contributed by atoms with Crippen molar-refractivity contribution in [3.63, 3.8) is 0 Å². The molecule has 1 aromatic heterocycles. The molecule has 114 valence electrons. The van der Waals surface area contributed by atoms with Gasteiger partial charge in [0.15, 0.2) is 9.84 Å². The van der Waals surface area contributed by atoms with Gasteiger partial charge in [-0.15, -0.1) is 0 Å². The zero-order valence-corrected chi connectivity index (χ0v) is 13.6. The molecular weight excluding hydrogens is 304 g/mol. The van der Waals surface area contributed by atoms with Gasteiger partial charge in [0, 0.05) is 6.54 Å². The second kappa shape index (κ2) is 6.58. The van der Waals surface area contributed by atoms with Crippen LogP contribution in [-0.2, 0) is 31.7 Å². The van der Waals surface area contributed by atoms with Crippen LogP contribution in [0, 0.1) is 6.92 Å². The quantitative estimate of drug-likeness (QED) is 0.745. The summed E-state index contributed by atoms with van der Waals surface area (Å²) in [7, 11) is -2.28. The lowest BCUT2D eigenvalue weighted by atomic mass is 10.3. The molecule has 1 heterocycles. The first-order valence-electron chi connectivity index (χ1n) is 6.23. The zero-order valence-electron chi connectivity index (χ0n) is 12.0. The Morgan fingerprint density at radius 2 is 2.10 bits per heavy atom. The molecule has 0 amide bonds. The van der Waals surface area contributed by atoms with Gasteiger partial charge in [-0.25, -0.2) is 8.42 Å². The Labute approximate surface area is 124 Å². The van der Waals surface area contributed by atoms with Gasteiger partial charge in [0.1, 0.15) is 0 Å². The van der Waals surface area contributed by atoms with Crippen molar-refractivity contribution < 1.29 is 17.9 Å². The first-order valence-corrected chi connectivity index (χ1v) is 8.32. The van der Waals surface area contributed by atoms with Gasteiger partial charge < -0.3 is 4.74 Å². The molecule has 0 fully saturated rings. The molecule has 0 aliphatic carbocycles. The van der Waals surface area contributed by atoms with Crippen LogP contribution < -0.4 is 0 Å². The highest BCUT2D eigenvalue weighted by atomic mass is 35.5. The van der Waals surface area contributed by atoms with Gasteiger partial charge in [-0.05, 0) is 20.8 Å². The van der Waals surface area contributed by atoms with Gasteiger partial charge in [-0.3, -0.25) is 9.48 Å². The molecule has 0 radical (unpaired) electrons. The van der Waals surface area contributed by atoms with E-state index in [0.717, 1.165) is 0 Å². The minimum Gasteiger partial charge on any atom is -0.469 e. The lowest BCUT2D eigenvalue weighted by molar-refractivity contribution is -0.140. The highest BCUT2D eigenvalue weighted by Crippen LogP contribution is 2.24. The van der Waals surface area contributed by atoms with Crippen LogP contribution in [0.1, 0.15) is 31.7 Å². The molecule has 20 heavy (non-hydrogen) atoms. The molecule has 0 aromatic carbocycles. The maximum Gasteiger partial charge on any atom is 0.306 e. The molecule has 0 aliphatic heterocycles. The first-order chi connectivity index (χ1) is 9.22. The van der Waals surface area contributed by atoms with E-state index in [1.54, 1.807) is 11.6 Å². The van der Waals surface area contributed by atoms with Crippen molar-refractivity contribution in [1.82, 2.24) is 9.78 Å². The standard InChI is InChI=1S/C12H19ClN2O4S/c1-5-15-10(12(13)9(3)14-15)7-20(17,18)8(2)6-11(16)19-4/h8H,5-7H2,1-4H3. The van der Waals surface area contributed by atoms with E-state index in [4.69, 9.17) is 11.6 Å². The fourth-order valence-corrected chi connectivity index (χ4v) is 3.42. The fourth-order valence-electron chi connectivity index (χ4n) is 1.78. The second-order valence-corrected chi connectivity index (χ2v) is 7.36. The molecule has 0 spiro atoms. The number of methoxy groups -OCH3 is 1. The molecule has 1 aromatic rings. The van der Waals surface area contributed by atoms with E-state index in [9.17, 15) is 13.2 Å². The molecule has 1 rings (SSSR count). The fraction of sp³-hybridized carbons (Fsp3) is 0.667. The summed E-state index contributed by atoms with van der Waals surface area (Å²) >= 11 is 6.10. The molecule has 0 saturated heterocycles. The van der Waals surface area contributed by atoms with Crippen molar-refractivity contribution in [1.29, 1.82) is 0 Å². The normalized spacial score (nSPS) is 13.2. The predicted octanol–water partition coefficient (Wildman–Crippen LogP) is 1.73. The third-order valence-corrected chi connectivity index (χ3v) is 5.65. The van der Waals surface area contributed by atoms with E-state index in [-0.39, 0.29) is 12.2 Å². The third-order valence-electron chi connectivity index (χ3n) is 3.09. The summed E-state index contributed by atoms with van der Waals surface area (Å²) in [6.45, 7) is 5.60. The Morgan fingerprint density at radius 3 is 2.60 bits per heavy atom. The van der Waals surface area contributed by atoms with E-state index >= 15 is 0 Å². The molecule has 0 bridgehead atoms. The molecule has 1 unspecified atom stereocenters. The van der Waals surface area contributed by atoms with Gasteiger partial charge >= 0.3 is 5.97 Å². The van der Waals surface area contributed by atoms with Crippen molar-refractivity contribution in [2.75, 3.05) is 7.11 Å². The summed E-state index contributed by atoms with van der Waals surface area (Å²) in [5.74, 6) is -0.786. The molecular formula is C12H19ClN2O4S. The largest absolute Gasteiger partial charge is 0.469 e. The van der Waals surface area contributed by atoms with Crippen LogP contribution >= 0.6 is 11.6 Å². The van der Waals surface area contributed by atoms with Crippen LogP contribution in [0.5, 0.6) is 0 Å². The minimum absolute atomic E-state index is 0.171. The Bertz CT molecular complexity index is 595. The summed E-state index contributed by atoms with van der Waals surface area (Å²) < 4.78 is 30.6. The molecule has 0 saturated carbocycles. The van der Waals surface area contributed by atoms with E-state index in [1.807, 2.05) is 6.92 Å². The average molecular weight is 323 g/mol. The first kappa shape index (κ1) is 17.0. The van der Waals surface area contributed by atoms with Crippen LogP contribution in [0.15, 0.2) is 0 Å². The van der Waals surface area contributed by atoms with E-state index in [1.165, 1.54) is 14.0 Å². The molecule has 1 atom stereocenters. The van der Waals surface area contributed by atoms with Crippen LogP contribution in [0.3, 0.4) is 0 Å². The van der Waals surface area contributed by atoms with E-state index < -0.39 is 21.1 Å². The summed E-state index contributed by atoms with van der Waals surface area (Å²) in [6.07, 6.45) is -0.171. The van der Waals surface area contributed by atoms with Gasteiger partial charge in [-0.2, -0.15) is 5.10 Å². The number of nitrogens with zero attached hydrogens (tertiary/aromatic N) is 2. The number of rotatable bonds is 6. The van der Waals surface area contributed by atoms with Gasteiger partial charge in [-0.1, -0.05) is 11.6 Å². The molecule has 6 nitrogen and oxygen atoms in total. The number of carbonyl (C=O) groups excluding carboxylic acids is 1. The summed E-state index contributed by atoms with van der Waals surface area (Å²) in [4.78, 5) is 11.2. The monoisotopic (exact) mass is 322 g/mol. The van der Waals surface area contributed by atoms with Crippen LogP contribution in [0.2, 0.25) is 5.02 Å². The molecule has 8 heteroatoms. The predicted molar refractivity (Wildman–Crippen MR) is 76.4 cm³/mol.